The van der Waals surface area contributed by atoms with Crippen LogP contribution in [0, 0.1) is 0 Å². The third-order valence-electron chi connectivity index (χ3n) is 4.66. The standard InChI is InChI=1S/C16H24F3N5OS/c1-20-15(21-5-4-14-23-13(10-26-14)16(17,18)19)22-7-12-8-24-6-2-3-11(24)9-25-12/h10-12H,2-9H2,1H3,(H2,20,21,22). The summed E-state index contributed by atoms with van der Waals surface area (Å²) in [5.41, 5.74) is -0.824. The molecular formula is C16H24F3N5OS. The molecule has 1 aromatic rings. The van der Waals surface area contributed by atoms with Crippen LogP contribution in [0.3, 0.4) is 0 Å². The van der Waals surface area contributed by atoms with Gasteiger partial charge in [-0.2, -0.15) is 13.2 Å². The summed E-state index contributed by atoms with van der Waals surface area (Å²) in [7, 11) is 1.67. The molecule has 2 unspecified atom stereocenters. The molecule has 2 atom stereocenters. The van der Waals surface area contributed by atoms with E-state index in [-0.39, 0.29) is 6.10 Å². The summed E-state index contributed by atoms with van der Waals surface area (Å²) in [5, 5.41) is 7.84. The van der Waals surface area contributed by atoms with E-state index >= 15 is 0 Å². The number of thiazole rings is 1. The van der Waals surface area contributed by atoms with Crippen molar-refractivity contribution in [3.63, 3.8) is 0 Å². The fourth-order valence-electron chi connectivity index (χ4n) is 3.28. The number of alkyl halides is 3. The Hall–Kier alpha value is -1.39. The van der Waals surface area contributed by atoms with E-state index in [0.717, 1.165) is 36.4 Å². The highest BCUT2D eigenvalue weighted by atomic mass is 32.1. The molecule has 0 aliphatic carbocycles. The highest BCUT2D eigenvalue weighted by Gasteiger charge is 2.34. The summed E-state index contributed by atoms with van der Waals surface area (Å²) in [5.74, 6) is 0.616. The Morgan fingerprint density at radius 3 is 3.04 bits per heavy atom. The van der Waals surface area contributed by atoms with Crippen LogP contribution in [0.4, 0.5) is 13.2 Å². The Morgan fingerprint density at radius 1 is 1.46 bits per heavy atom. The quantitative estimate of drug-likeness (QED) is 0.591. The van der Waals surface area contributed by atoms with Crippen molar-refractivity contribution in [2.75, 3.05) is 39.8 Å². The van der Waals surface area contributed by atoms with Crippen LogP contribution in [0.15, 0.2) is 10.4 Å². The molecule has 0 radical (unpaired) electrons. The van der Waals surface area contributed by atoms with Crippen molar-refractivity contribution in [2.45, 2.75) is 37.6 Å². The van der Waals surface area contributed by atoms with E-state index < -0.39 is 11.9 Å². The second-order valence-corrected chi connectivity index (χ2v) is 7.44. The van der Waals surface area contributed by atoms with Gasteiger partial charge in [0, 0.05) is 44.5 Å². The van der Waals surface area contributed by atoms with Gasteiger partial charge >= 0.3 is 6.18 Å². The first kappa shape index (κ1) is 19.4. The predicted molar refractivity (Wildman–Crippen MR) is 94.5 cm³/mol. The lowest BCUT2D eigenvalue weighted by Gasteiger charge is -2.35. The highest BCUT2D eigenvalue weighted by molar-refractivity contribution is 7.09. The van der Waals surface area contributed by atoms with Crippen molar-refractivity contribution in [1.82, 2.24) is 20.5 Å². The summed E-state index contributed by atoms with van der Waals surface area (Å²) >= 11 is 1.02. The number of fused-ring (bicyclic) bond motifs is 1. The molecule has 0 bridgehead atoms. The van der Waals surface area contributed by atoms with Crippen molar-refractivity contribution < 1.29 is 17.9 Å². The zero-order valence-corrected chi connectivity index (χ0v) is 15.5. The molecule has 2 aliphatic rings. The lowest BCUT2D eigenvalue weighted by molar-refractivity contribution is -0.140. The number of aromatic nitrogens is 1. The van der Waals surface area contributed by atoms with Crippen LogP contribution in [0.25, 0.3) is 0 Å². The van der Waals surface area contributed by atoms with Gasteiger partial charge in [-0.15, -0.1) is 11.3 Å². The number of ether oxygens (including phenoxy) is 1. The van der Waals surface area contributed by atoms with Gasteiger partial charge in [-0.05, 0) is 19.4 Å². The fraction of sp³-hybridized carbons (Fsp3) is 0.750. The van der Waals surface area contributed by atoms with Crippen LogP contribution < -0.4 is 10.6 Å². The molecular weight excluding hydrogens is 367 g/mol. The zero-order valence-electron chi connectivity index (χ0n) is 14.7. The van der Waals surface area contributed by atoms with E-state index in [1.54, 1.807) is 7.05 Å². The molecule has 0 amide bonds. The van der Waals surface area contributed by atoms with E-state index in [9.17, 15) is 13.2 Å². The smallest absolute Gasteiger partial charge is 0.373 e. The summed E-state index contributed by atoms with van der Waals surface area (Å²) in [6.07, 6.45) is -1.39. The lowest BCUT2D eigenvalue weighted by Crippen LogP contribution is -2.51. The third-order valence-corrected chi connectivity index (χ3v) is 5.56. The largest absolute Gasteiger partial charge is 0.434 e. The van der Waals surface area contributed by atoms with Gasteiger partial charge in [-0.25, -0.2) is 4.98 Å². The van der Waals surface area contributed by atoms with Gasteiger partial charge in [0.05, 0.1) is 17.7 Å². The van der Waals surface area contributed by atoms with E-state index in [0.29, 0.717) is 36.5 Å². The second kappa shape index (κ2) is 8.53. The SMILES string of the molecule is CN=C(NCCc1nc(C(F)(F)F)cs1)NCC1CN2CCCC2CO1. The van der Waals surface area contributed by atoms with Crippen molar-refractivity contribution in [3.05, 3.63) is 16.1 Å². The molecule has 0 spiro atoms. The van der Waals surface area contributed by atoms with Crippen molar-refractivity contribution in [2.24, 2.45) is 4.99 Å². The molecule has 6 nitrogen and oxygen atoms in total. The first-order valence-electron chi connectivity index (χ1n) is 8.77. The van der Waals surface area contributed by atoms with Crippen molar-refractivity contribution in [1.29, 1.82) is 0 Å². The molecule has 146 valence electrons. The molecule has 2 saturated heterocycles. The number of nitrogens with one attached hydrogen (secondary N) is 2. The zero-order chi connectivity index (χ0) is 18.6. The van der Waals surface area contributed by atoms with Crippen LogP contribution in [0.2, 0.25) is 0 Å². The minimum atomic E-state index is -4.38. The minimum Gasteiger partial charge on any atom is -0.373 e. The van der Waals surface area contributed by atoms with Gasteiger partial charge in [-0.1, -0.05) is 0 Å². The highest BCUT2D eigenvalue weighted by Crippen LogP contribution is 2.30. The summed E-state index contributed by atoms with van der Waals surface area (Å²) in [4.78, 5) is 10.2. The number of guanidine groups is 1. The van der Waals surface area contributed by atoms with Crippen LogP contribution in [0.1, 0.15) is 23.5 Å². The van der Waals surface area contributed by atoms with Gasteiger partial charge in [0.15, 0.2) is 11.7 Å². The maximum atomic E-state index is 12.5. The summed E-state index contributed by atoms with van der Waals surface area (Å²) in [6, 6.07) is 0.573. The van der Waals surface area contributed by atoms with Gasteiger partial charge in [0.1, 0.15) is 0 Å². The number of morpholine rings is 1. The van der Waals surface area contributed by atoms with Crippen LogP contribution in [-0.2, 0) is 17.3 Å². The number of aliphatic imine (C=N–C) groups is 1. The molecule has 3 rings (SSSR count). The number of hydrogen-bond acceptors (Lipinski definition) is 5. The van der Waals surface area contributed by atoms with Crippen molar-refractivity contribution >= 4 is 17.3 Å². The molecule has 3 heterocycles. The van der Waals surface area contributed by atoms with Gasteiger partial charge in [0.2, 0.25) is 0 Å². The molecule has 0 aromatic carbocycles. The molecule has 26 heavy (non-hydrogen) atoms. The van der Waals surface area contributed by atoms with E-state index in [1.807, 2.05) is 0 Å². The van der Waals surface area contributed by atoms with Gasteiger partial charge in [0.25, 0.3) is 0 Å². The maximum Gasteiger partial charge on any atom is 0.434 e. The van der Waals surface area contributed by atoms with Gasteiger partial charge in [-0.3, -0.25) is 9.89 Å². The summed E-state index contributed by atoms with van der Waals surface area (Å²) in [6.45, 7) is 3.96. The molecule has 2 N–H and O–H groups in total. The first-order valence-corrected chi connectivity index (χ1v) is 9.65. The number of rotatable bonds is 5. The predicted octanol–water partition coefficient (Wildman–Crippen LogP) is 1.73. The minimum absolute atomic E-state index is 0.121. The monoisotopic (exact) mass is 391 g/mol. The number of halogens is 3. The Kier molecular flexibility index (Phi) is 6.36. The van der Waals surface area contributed by atoms with E-state index in [2.05, 4.69) is 25.5 Å². The van der Waals surface area contributed by atoms with Gasteiger partial charge < -0.3 is 15.4 Å². The van der Waals surface area contributed by atoms with Crippen LogP contribution in [0.5, 0.6) is 0 Å². The van der Waals surface area contributed by atoms with Crippen LogP contribution in [-0.4, -0.2) is 67.8 Å². The maximum absolute atomic E-state index is 12.5. The van der Waals surface area contributed by atoms with E-state index in [1.165, 1.54) is 12.8 Å². The molecule has 1 aromatic heterocycles. The molecule has 2 fully saturated rings. The average molecular weight is 391 g/mol. The second-order valence-electron chi connectivity index (χ2n) is 6.50. The topological polar surface area (TPSA) is 61.8 Å². The Labute approximate surface area is 154 Å². The Bertz CT molecular complexity index is 621. The molecule has 2 aliphatic heterocycles. The Morgan fingerprint density at radius 2 is 2.31 bits per heavy atom. The Balaban J connectivity index is 1.37. The lowest BCUT2D eigenvalue weighted by atomic mass is 10.2. The number of hydrogen-bond donors (Lipinski definition) is 2. The average Bonchev–Trinajstić information content (AvgIpc) is 3.26. The molecule has 10 heteroatoms. The molecule has 0 saturated carbocycles. The normalized spacial score (nSPS) is 24.5. The summed E-state index contributed by atoms with van der Waals surface area (Å²) < 4.78 is 43.5. The number of nitrogens with zero attached hydrogens (tertiary/aromatic N) is 3. The fourth-order valence-corrected chi connectivity index (χ4v) is 4.09. The van der Waals surface area contributed by atoms with Crippen molar-refractivity contribution in [3.8, 4) is 0 Å². The van der Waals surface area contributed by atoms with E-state index in [4.69, 9.17) is 4.74 Å². The first-order chi connectivity index (χ1) is 12.5. The van der Waals surface area contributed by atoms with Crippen LogP contribution >= 0.6 is 11.3 Å². The third kappa shape index (κ3) is 5.08.